The number of aliphatic carboxylic acids is 2. The van der Waals surface area contributed by atoms with Crippen molar-refractivity contribution in [2.75, 3.05) is 0 Å². The Morgan fingerprint density at radius 1 is 1.00 bits per heavy atom. The molecule has 1 rings (SSSR count). The summed E-state index contributed by atoms with van der Waals surface area (Å²) in [6.45, 7) is 3.27. The van der Waals surface area contributed by atoms with Crippen LogP contribution in [0.15, 0.2) is 12.5 Å². The zero-order valence-electron chi connectivity index (χ0n) is 19.3. The van der Waals surface area contributed by atoms with Crippen molar-refractivity contribution in [3.63, 3.8) is 0 Å². The average Bonchev–Trinajstić information content (AvgIpc) is 3.26. The van der Waals surface area contributed by atoms with Crippen LogP contribution in [0, 0.1) is 5.92 Å². The molecule has 0 saturated carbocycles. The molecule has 0 aromatic carbocycles. The number of H-pyrrole nitrogens is 1. The van der Waals surface area contributed by atoms with Gasteiger partial charge in [0.25, 0.3) is 0 Å². The van der Waals surface area contributed by atoms with Gasteiger partial charge in [-0.15, -0.1) is 0 Å². The van der Waals surface area contributed by atoms with Crippen LogP contribution in [0.4, 0.5) is 0 Å². The van der Waals surface area contributed by atoms with Gasteiger partial charge in [0, 0.05) is 24.7 Å². The van der Waals surface area contributed by atoms with Crippen molar-refractivity contribution in [2.45, 2.75) is 63.7 Å². The number of nitrogens with one attached hydrogen (secondary N) is 4. The molecule has 35 heavy (non-hydrogen) atoms. The highest BCUT2D eigenvalue weighted by atomic mass is 16.4. The summed E-state index contributed by atoms with van der Waals surface area (Å²) < 4.78 is 0. The van der Waals surface area contributed by atoms with Crippen LogP contribution in [0.5, 0.6) is 0 Å². The van der Waals surface area contributed by atoms with E-state index >= 15 is 0 Å². The number of carbonyl (C=O) groups is 6. The van der Waals surface area contributed by atoms with Crippen LogP contribution in [0.1, 0.15) is 38.8 Å². The number of imidazole rings is 1. The largest absolute Gasteiger partial charge is 0.481 e. The van der Waals surface area contributed by atoms with Gasteiger partial charge in [-0.2, -0.15) is 0 Å². The first kappa shape index (κ1) is 29.0. The Labute approximate surface area is 200 Å². The van der Waals surface area contributed by atoms with Crippen LogP contribution in [0.2, 0.25) is 0 Å². The van der Waals surface area contributed by atoms with Crippen LogP contribution < -0.4 is 27.4 Å². The molecule has 4 atom stereocenters. The van der Waals surface area contributed by atoms with Crippen LogP contribution in [0.3, 0.4) is 0 Å². The van der Waals surface area contributed by atoms with Gasteiger partial charge < -0.3 is 42.6 Å². The third kappa shape index (κ3) is 10.2. The Balaban J connectivity index is 2.94. The van der Waals surface area contributed by atoms with E-state index in [9.17, 15) is 28.8 Å². The zero-order valence-corrected chi connectivity index (χ0v) is 19.3. The van der Waals surface area contributed by atoms with E-state index in [-0.39, 0.29) is 19.3 Å². The molecule has 0 aliphatic carbocycles. The fraction of sp³-hybridized carbons (Fsp3) is 0.550. The lowest BCUT2D eigenvalue weighted by Crippen LogP contribution is -2.58. The number of rotatable bonds is 15. The molecule has 0 spiro atoms. The van der Waals surface area contributed by atoms with Gasteiger partial charge in [0.05, 0.1) is 18.8 Å². The van der Waals surface area contributed by atoms with Crippen molar-refractivity contribution in [3.8, 4) is 0 Å². The van der Waals surface area contributed by atoms with Crippen molar-refractivity contribution in [2.24, 2.45) is 17.4 Å². The minimum atomic E-state index is -1.77. The molecular weight excluding hydrogens is 466 g/mol. The van der Waals surface area contributed by atoms with Crippen molar-refractivity contribution in [1.29, 1.82) is 0 Å². The van der Waals surface area contributed by atoms with Gasteiger partial charge in [0.15, 0.2) is 0 Å². The lowest BCUT2D eigenvalue weighted by molar-refractivity contribution is -0.147. The van der Waals surface area contributed by atoms with Gasteiger partial charge in [-0.25, -0.2) is 9.78 Å². The molecule has 0 radical (unpaired) electrons. The van der Waals surface area contributed by atoms with Crippen LogP contribution in [0.25, 0.3) is 0 Å². The van der Waals surface area contributed by atoms with Gasteiger partial charge in [0.2, 0.25) is 23.6 Å². The maximum Gasteiger partial charge on any atom is 0.326 e. The van der Waals surface area contributed by atoms with Gasteiger partial charge in [-0.05, 0) is 12.3 Å². The first-order chi connectivity index (χ1) is 16.3. The minimum absolute atomic E-state index is 0.127. The third-order valence-corrected chi connectivity index (χ3v) is 4.88. The smallest absolute Gasteiger partial charge is 0.326 e. The molecule has 194 valence electrons. The van der Waals surface area contributed by atoms with Crippen LogP contribution in [-0.4, -0.2) is 79.9 Å². The molecule has 0 fully saturated rings. The van der Waals surface area contributed by atoms with E-state index in [1.807, 2.05) is 5.32 Å². The fourth-order valence-corrected chi connectivity index (χ4v) is 2.99. The number of hydrogen-bond acceptors (Lipinski definition) is 8. The summed E-state index contributed by atoms with van der Waals surface area (Å²) in [5, 5.41) is 24.9. The van der Waals surface area contributed by atoms with Crippen molar-refractivity contribution >= 4 is 35.6 Å². The molecule has 15 nitrogen and oxygen atoms in total. The predicted octanol–water partition coefficient (Wildman–Crippen LogP) is -2.79. The highest BCUT2D eigenvalue weighted by Gasteiger charge is 2.32. The molecule has 4 amide bonds. The SMILES string of the molecule is CC(C)C(NC(=O)C(N)Cc1cnc[nH]1)C(=O)NC(CCC(N)=O)C(=O)NC(CC(=O)O)C(=O)O. The second-order valence-electron chi connectivity index (χ2n) is 8.18. The summed E-state index contributed by atoms with van der Waals surface area (Å²) in [6.07, 6.45) is 1.52. The number of aromatic nitrogens is 2. The van der Waals surface area contributed by atoms with E-state index in [0.717, 1.165) is 0 Å². The van der Waals surface area contributed by atoms with Gasteiger partial charge >= 0.3 is 11.9 Å². The van der Waals surface area contributed by atoms with E-state index in [4.69, 9.17) is 21.7 Å². The number of carboxylic acid groups (broad SMARTS) is 2. The quantitative estimate of drug-likeness (QED) is 0.123. The summed E-state index contributed by atoms with van der Waals surface area (Å²) >= 11 is 0. The number of nitrogens with two attached hydrogens (primary N) is 2. The summed E-state index contributed by atoms with van der Waals surface area (Å²) in [4.78, 5) is 78.1. The van der Waals surface area contributed by atoms with E-state index in [2.05, 4.69) is 20.6 Å². The molecule has 0 aliphatic heterocycles. The summed E-state index contributed by atoms with van der Waals surface area (Å²) in [7, 11) is 0. The number of aromatic amines is 1. The van der Waals surface area contributed by atoms with Crippen molar-refractivity contribution in [3.05, 3.63) is 18.2 Å². The first-order valence-electron chi connectivity index (χ1n) is 10.7. The maximum atomic E-state index is 12.9. The number of nitrogens with zero attached hydrogens (tertiary/aromatic N) is 1. The second kappa shape index (κ2) is 13.6. The van der Waals surface area contributed by atoms with Gasteiger partial charge in [0.1, 0.15) is 18.1 Å². The fourth-order valence-electron chi connectivity index (χ4n) is 2.99. The van der Waals surface area contributed by atoms with Crippen molar-refractivity contribution in [1.82, 2.24) is 25.9 Å². The third-order valence-electron chi connectivity index (χ3n) is 4.88. The Bertz CT molecular complexity index is 919. The predicted molar refractivity (Wildman–Crippen MR) is 119 cm³/mol. The normalized spacial score (nSPS) is 14.3. The van der Waals surface area contributed by atoms with E-state index < -0.39 is 72.1 Å². The molecule has 1 aromatic heterocycles. The molecule has 10 N–H and O–H groups in total. The Kier molecular flexibility index (Phi) is 11.3. The first-order valence-corrected chi connectivity index (χ1v) is 10.7. The van der Waals surface area contributed by atoms with E-state index in [1.54, 1.807) is 13.8 Å². The van der Waals surface area contributed by atoms with Gasteiger partial charge in [-0.3, -0.25) is 24.0 Å². The summed E-state index contributed by atoms with van der Waals surface area (Å²) in [5.74, 6) is -6.76. The molecule has 0 saturated heterocycles. The molecule has 4 unspecified atom stereocenters. The number of carbonyl (C=O) groups excluding carboxylic acids is 4. The zero-order chi connectivity index (χ0) is 26.7. The molecule has 15 heteroatoms. The summed E-state index contributed by atoms with van der Waals surface area (Å²) in [6, 6.07) is -5.34. The monoisotopic (exact) mass is 497 g/mol. The topological polar surface area (TPSA) is 260 Å². The number of amides is 4. The standard InChI is InChI=1S/C20H31N7O8/c1-9(2)16(27-17(31)11(21)5-10-7-23-8-24-10)19(33)25-12(3-4-14(22)28)18(32)26-13(20(34)35)6-15(29)30/h7-9,11-13,16H,3-6,21H2,1-2H3,(H2,22,28)(H,23,24)(H,25,33)(H,26,32)(H,27,31)(H,29,30)(H,34,35). The van der Waals surface area contributed by atoms with E-state index in [0.29, 0.717) is 5.69 Å². The number of hydrogen-bond donors (Lipinski definition) is 8. The molecule has 0 bridgehead atoms. The average molecular weight is 498 g/mol. The van der Waals surface area contributed by atoms with Crippen molar-refractivity contribution < 1.29 is 39.0 Å². The molecular formula is C20H31N7O8. The summed E-state index contributed by atoms with van der Waals surface area (Å²) in [5.41, 5.74) is 11.6. The van der Waals surface area contributed by atoms with Crippen LogP contribution >= 0.6 is 0 Å². The highest BCUT2D eigenvalue weighted by Crippen LogP contribution is 2.07. The van der Waals surface area contributed by atoms with Gasteiger partial charge in [-0.1, -0.05) is 13.8 Å². The minimum Gasteiger partial charge on any atom is -0.481 e. The molecule has 0 aliphatic rings. The Morgan fingerprint density at radius 2 is 1.63 bits per heavy atom. The Morgan fingerprint density at radius 3 is 2.11 bits per heavy atom. The Hall–Kier alpha value is -4.01. The lowest BCUT2D eigenvalue weighted by atomic mass is 10.0. The molecule has 1 heterocycles. The maximum absolute atomic E-state index is 12.9. The highest BCUT2D eigenvalue weighted by molar-refractivity contribution is 5.95. The second-order valence-corrected chi connectivity index (χ2v) is 8.18. The number of carboxylic acids is 2. The molecule has 1 aromatic rings. The lowest BCUT2D eigenvalue weighted by Gasteiger charge is -2.26. The van der Waals surface area contributed by atoms with E-state index in [1.165, 1.54) is 12.5 Å². The number of primary amides is 1. The van der Waals surface area contributed by atoms with Crippen LogP contribution in [-0.2, 0) is 35.2 Å².